The quantitative estimate of drug-likeness (QED) is 0.396. The number of nitrogens with zero attached hydrogens (tertiary/aromatic N) is 2. The second-order valence-corrected chi connectivity index (χ2v) is 12.9. The first-order valence-corrected chi connectivity index (χ1v) is 14.0. The zero-order valence-corrected chi connectivity index (χ0v) is 23.8. The molecule has 0 aromatic heterocycles. The molecule has 3 aromatic carbocycles. The number of nitrogens with one attached hydrogen (secondary N) is 1. The van der Waals surface area contributed by atoms with Crippen molar-refractivity contribution in [3.05, 3.63) is 93.5 Å². The minimum absolute atomic E-state index is 0.107. The van der Waals surface area contributed by atoms with Crippen LogP contribution in [-0.2, 0) is 15.1 Å². The van der Waals surface area contributed by atoms with Crippen LogP contribution < -0.4 is 10.2 Å². The summed E-state index contributed by atoms with van der Waals surface area (Å²) in [5, 5.41) is 13.5. The van der Waals surface area contributed by atoms with Crippen LogP contribution in [0.5, 0.6) is 0 Å². The van der Waals surface area contributed by atoms with E-state index in [1.165, 1.54) is 12.1 Å². The maximum absolute atomic E-state index is 14.4. The Hall–Kier alpha value is -3.39. The van der Waals surface area contributed by atoms with Crippen molar-refractivity contribution in [2.24, 2.45) is 11.3 Å². The van der Waals surface area contributed by atoms with Crippen LogP contribution in [-0.4, -0.2) is 46.9 Å². The molecule has 3 aromatic rings. The Morgan fingerprint density at radius 3 is 2.38 bits per heavy atom. The number of halogens is 2. The molecule has 6 rings (SSSR count). The fraction of sp³-hybridized carbons (Fsp3) is 0.323. The molecule has 40 heavy (non-hydrogen) atoms. The smallest absolute Gasteiger partial charge is 0.335 e. The third-order valence-electron chi connectivity index (χ3n) is 8.26. The summed E-state index contributed by atoms with van der Waals surface area (Å²) in [5.41, 5.74) is 1.69. The maximum atomic E-state index is 14.4. The molecule has 0 saturated carbocycles. The van der Waals surface area contributed by atoms with Gasteiger partial charge in [0.2, 0.25) is 11.8 Å². The molecule has 3 aliphatic rings. The lowest BCUT2D eigenvalue weighted by atomic mass is 9.71. The lowest BCUT2D eigenvalue weighted by Gasteiger charge is -2.43. The van der Waals surface area contributed by atoms with Crippen molar-refractivity contribution < 1.29 is 19.5 Å². The molecule has 3 heterocycles. The summed E-state index contributed by atoms with van der Waals surface area (Å²) in [5.74, 6) is -2.40. The zero-order valence-electron chi connectivity index (χ0n) is 22.3. The molecule has 7 nitrogen and oxygen atoms in total. The SMILES string of the molecule is CC(C)(C)CN1[C@H]2CN(c3ccc(C(=O)O)cc3)C(=O)[C@H]2[C@H](c2cccc(Cl)c2)[C@]12C(=O)Nc1cc(Cl)ccc12. The van der Waals surface area contributed by atoms with Gasteiger partial charge in [0.25, 0.3) is 0 Å². The van der Waals surface area contributed by atoms with Gasteiger partial charge < -0.3 is 15.3 Å². The van der Waals surface area contributed by atoms with Crippen LogP contribution in [0.15, 0.2) is 66.7 Å². The van der Waals surface area contributed by atoms with E-state index in [1.54, 1.807) is 35.2 Å². The monoisotopic (exact) mass is 577 g/mol. The van der Waals surface area contributed by atoms with Crippen LogP contribution in [0.1, 0.15) is 48.2 Å². The second-order valence-electron chi connectivity index (χ2n) is 12.0. The first-order valence-electron chi connectivity index (χ1n) is 13.2. The molecule has 206 valence electrons. The van der Waals surface area contributed by atoms with Gasteiger partial charge in [-0.1, -0.05) is 62.2 Å². The van der Waals surface area contributed by atoms with Gasteiger partial charge >= 0.3 is 5.97 Å². The van der Waals surface area contributed by atoms with E-state index < -0.39 is 23.3 Å². The molecule has 0 unspecified atom stereocenters. The number of anilines is 2. The third-order valence-corrected chi connectivity index (χ3v) is 8.73. The van der Waals surface area contributed by atoms with E-state index in [2.05, 4.69) is 31.0 Å². The van der Waals surface area contributed by atoms with E-state index in [4.69, 9.17) is 23.2 Å². The second kappa shape index (κ2) is 9.33. The summed E-state index contributed by atoms with van der Waals surface area (Å²) in [6, 6.07) is 18.9. The summed E-state index contributed by atoms with van der Waals surface area (Å²) in [4.78, 5) is 44.1. The number of aromatic carboxylic acids is 1. The molecule has 9 heteroatoms. The number of likely N-dealkylation sites (tertiary alicyclic amines) is 1. The normalized spacial score (nSPS) is 25.8. The number of hydrogen-bond donors (Lipinski definition) is 2. The van der Waals surface area contributed by atoms with Crippen molar-refractivity contribution in [1.29, 1.82) is 0 Å². The number of fused-ring (bicyclic) bond motifs is 3. The number of hydrogen-bond acceptors (Lipinski definition) is 4. The average Bonchev–Trinajstić information content (AvgIpc) is 3.46. The van der Waals surface area contributed by atoms with Crippen molar-refractivity contribution >= 4 is 52.4 Å². The Kier molecular flexibility index (Phi) is 6.26. The van der Waals surface area contributed by atoms with E-state index in [1.807, 2.05) is 24.3 Å². The van der Waals surface area contributed by atoms with E-state index >= 15 is 0 Å². The van der Waals surface area contributed by atoms with Gasteiger partial charge in [-0.2, -0.15) is 0 Å². The van der Waals surface area contributed by atoms with Gasteiger partial charge in [0.15, 0.2) is 0 Å². The minimum atomic E-state index is -1.15. The minimum Gasteiger partial charge on any atom is -0.478 e. The molecule has 2 N–H and O–H groups in total. The molecule has 0 bridgehead atoms. The van der Waals surface area contributed by atoms with Crippen molar-refractivity contribution in [2.75, 3.05) is 23.3 Å². The lowest BCUT2D eigenvalue weighted by molar-refractivity contribution is -0.128. The van der Waals surface area contributed by atoms with E-state index in [9.17, 15) is 19.5 Å². The molecule has 3 aliphatic heterocycles. The Labute approximate surface area is 242 Å². The Morgan fingerprint density at radius 2 is 1.73 bits per heavy atom. The average molecular weight is 578 g/mol. The summed E-state index contributed by atoms with van der Waals surface area (Å²) in [6.07, 6.45) is 0. The standard InChI is InChI=1S/C31H29Cl2N3O4/c1-30(2,3)16-36-24-15-35(21-10-7-17(8-11-21)28(38)39)27(37)25(24)26(18-5-4-6-19(32)13-18)31(36)22-12-9-20(33)14-23(22)34-29(31)40/h4-14,24-26H,15-16H2,1-3H3,(H,34,40)(H,38,39)/t24-,25+,26-,31+/m0/s1. The topological polar surface area (TPSA) is 90.0 Å². The Morgan fingerprint density at radius 1 is 1.02 bits per heavy atom. The largest absolute Gasteiger partial charge is 0.478 e. The predicted octanol–water partition coefficient (Wildman–Crippen LogP) is 6.02. The van der Waals surface area contributed by atoms with Crippen molar-refractivity contribution in [2.45, 2.75) is 38.3 Å². The van der Waals surface area contributed by atoms with Crippen molar-refractivity contribution in [3.8, 4) is 0 Å². The zero-order chi connectivity index (χ0) is 28.6. The van der Waals surface area contributed by atoms with Gasteiger partial charge in [-0.3, -0.25) is 14.5 Å². The summed E-state index contributed by atoms with van der Waals surface area (Å²) in [6.45, 7) is 7.28. The lowest BCUT2D eigenvalue weighted by Crippen LogP contribution is -2.55. The number of carboxylic acids is 1. The van der Waals surface area contributed by atoms with Gasteiger partial charge in [0.05, 0.1) is 11.5 Å². The first-order chi connectivity index (χ1) is 18.9. The molecular weight excluding hydrogens is 549 g/mol. The van der Waals surface area contributed by atoms with Crippen LogP contribution in [0.2, 0.25) is 10.0 Å². The van der Waals surface area contributed by atoms with Gasteiger partial charge in [-0.25, -0.2) is 4.79 Å². The van der Waals surface area contributed by atoms with E-state index in [0.29, 0.717) is 34.5 Å². The molecular formula is C31H29Cl2N3O4. The number of amides is 2. The van der Waals surface area contributed by atoms with Crippen LogP contribution in [0.3, 0.4) is 0 Å². The fourth-order valence-electron chi connectivity index (χ4n) is 6.90. The highest BCUT2D eigenvalue weighted by molar-refractivity contribution is 6.31. The van der Waals surface area contributed by atoms with Gasteiger partial charge in [-0.05, 0) is 59.5 Å². The van der Waals surface area contributed by atoms with Crippen LogP contribution in [0.4, 0.5) is 11.4 Å². The predicted molar refractivity (Wildman–Crippen MR) is 155 cm³/mol. The highest BCUT2D eigenvalue weighted by Crippen LogP contribution is 2.62. The Bertz CT molecular complexity index is 1550. The number of carbonyl (C=O) groups excluding carboxylic acids is 2. The van der Waals surface area contributed by atoms with Gasteiger partial charge in [0.1, 0.15) is 5.54 Å². The highest BCUT2D eigenvalue weighted by Gasteiger charge is 2.70. The molecule has 0 radical (unpaired) electrons. The number of carbonyl (C=O) groups is 3. The maximum Gasteiger partial charge on any atom is 0.335 e. The molecule has 0 aliphatic carbocycles. The van der Waals surface area contributed by atoms with E-state index in [-0.39, 0.29) is 28.8 Å². The third kappa shape index (κ3) is 4.02. The van der Waals surface area contributed by atoms with Crippen molar-refractivity contribution in [1.82, 2.24) is 4.90 Å². The Balaban J connectivity index is 1.56. The summed E-state index contributed by atoms with van der Waals surface area (Å²) in [7, 11) is 0. The first kappa shape index (κ1) is 26.8. The molecule has 1 spiro atoms. The number of benzene rings is 3. The van der Waals surface area contributed by atoms with E-state index in [0.717, 1.165) is 11.1 Å². The summed E-state index contributed by atoms with van der Waals surface area (Å²) < 4.78 is 0. The molecule has 2 fully saturated rings. The molecule has 2 saturated heterocycles. The number of rotatable bonds is 4. The van der Waals surface area contributed by atoms with Crippen LogP contribution in [0.25, 0.3) is 0 Å². The number of carboxylic acid groups (broad SMARTS) is 1. The van der Waals surface area contributed by atoms with Crippen LogP contribution >= 0.6 is 23.2 Å². The summed E-state index contributed by atoms with van der Waals surface area (Å²) >= 11 is 12.8. The van der Waals surface area contributed by atoms with Crippen LogP contribution in [0, 0.1) is 11.3 Å². The highest BCUT2D eigenvalue weighted by atomic mass is 35.5. The van der Waals surface area contributed by atoms with Gasteiger partial charge in [-0.15, -0.1) is 0 Å². The van der Waals surface area contributed by atoms with Crippen molar-refractivity contribution in [3.63, 3.8) is 0 Å². The molecule has 2 amide bonds. The van der Waals surface area contributed by atoms with Gasteiger partial charge in [0, 0.05) is 52.0 Å². The molecule has 4 atom stereocenters. The fourth-order valence-corrected chi connectivity index (χ4v) is 7.27.